The van der Waals surface area contributed by atoms with Crippen molar-refractivity contribution in [1.82, 2.24) is 0 Å². The van der Waals surface area contributed by atoms with Gasteiger partial charge in [0.2, 0.25) is 5.91 Å². The molecule has 90 valence electrons. The smallest absolute Gasteiger partial charge is 0.224 e. The van der Waals surface area contributed by atoms with Crippen LogP contribution in [0.1, 0.15) is 42.9 Å². The van der Waals surface area contributed by atoms with E-state index in [1.807, 2.05) is 6.07 Å². The van der Waals surface area contributed by atoms with E-state index in [4.69, 9.17) is 5.73 Å². The first-order chi connectivity index (χ1) is 8.22. The van der Waals surface area contributed by atoms with Crippen LogP contribution < -0.4 is 11.1 Å². The van der Waals surface area contributed by atoms with Crippen molar-refractivity contribution in [3.63, 3.8) is 0 Å². The average molecular weight is 230 g/mol. The van der Waals surface area contributed by atoms with E-state index in [2.05, 4.69) is 17.4 Å². The maximum absolute atomic E-state index is 11.3. The van der Waals surface area contributed by atoms with Gasteiger partial charge >= 0.3 is 0 Å². The molecule has 1 aliphatic carbocycles. The largest absolute Gasteiger partial charge is 0.326 e. The fourth-order valence-electron chi connectivity index (χ4n) is 2.48. The van der Waals surface area contributed by atoms with Crippen molar-refractivity contribution >= 4 is 11.6 Å². The van der Waals surface area contributed by atoms with Crippen LogP contribution in [0.2, 0.25) is 0 Å². The Labute approximate surface area is 101 Å². The Hall–Kier alpha value is -1.35. The summed E-state index contributed by atoms with van der Waals surface area (Å²) in [6.07, 6.45) is 5.22. The van der Waals surface area contributed by atoms with E-state index < -0.39 is 0 Å². The van der Waals surface area contributed by atoms with Crippen molar-refractivity contribution < 1.29 is 4.79 Å². The first-order valence-corrected chi connectivity index (χ1v) is 6.40. The highest BCUT2D eigenvalue weighted by molar-refractivity contribution is 5.93. The maximum Gasteiger partial charge on any atom is 0.224 e. The van der Waals surface area contributed by atoms with Crippen LogP contribution in [0.4, 0.5) is 5.69 Å². The van der Waals surface area contributed by atoms with Gasteiger partial charge in [-0.2, -0.15) is 0 Å². The number of carbonyl (C=O) groups excluding carboxylic acids is 1. The lowest BCUT2D eigenvalue weighted by atomic mass is 9.95. The van der Waals surface area contributed by atoms with Gasteiger partial charge in [0.15, 0.2) is 0 Å². The molecule has 0 aromatic heterocycles. The number of fused-ring (bicyclic) bond motifs is 1. The quantitative estimate of drug-likeness (QED) is 0.837. The monoisotopic (exact) mass is 230 g/mol. The Morgan fingerprint density at radius 3 is 2.94 bits per heavy atom. The summed E-state index contributed by atoms with van der Waals surface area (Å²) in [5, 5.41) is 2.90. The molecule has 1 heterocycles. The van der Waals surface area contributed by atoms with Crippen molar-refractivity contribution in [2.75, 3.05) is 5.32 Å². The molecule has 3 heteroatoms. The third-order valence-corrected chi connectivity index (χ3v) is 3.74. The molecular weight excluding hydrogens is 212 g/mol. The van der Waals surface area contributed by atoms with Gasteiger partial charge in [-0.15, -0.1) is 0 Å². The zero-order chi connectivity index (χ0) is 11.8. The van der Waals surface area contributed by atoms with Gasteiger partial charge < -0.3 is 11.1 Å². The maximum atomic E-state index is 11.3. The first-order valence-electron chi connectivity index (χ1n) is 6.40. The zero-order valence-corrected chi connectivity index (χ0v) is 9.91. The topological polar surface area (TPSA) is 55.1 Å². The lowest BCUT2D eigenvalue weighted by Gasteiger charge is -2.19. The summed E-state index contributed by atoms with van der Waals surface area (Å²) in [6.45, 7) is 0. The minimum atomic E-state index is 0.118. The molecule has 1 atom stereocenters. The number of rotatable bonds is 3. The van der Waals surface area contributed by atoms with E-state index in [1.54, 1.807) is 0 Å². The molecule has 1 fully saturated rings. The van der Waals surface area contributed by atoms with Gasteiger partial charge in [-0.05, 0) is 36.0 Å². The predicted octanol–water partition coefficient (Wildman–Crippen LogP) is 2.37. The van der Waals surface area contributed by atoms with E-state index in [9.17, 15) is 4.79 Å². The van der Waals surface area contributed by atoms with Gasteiger partial charge in [-0.25, -0.2) is 0 Å². The lowest BCUT2D eigenvalue weighted by Crippen LogP contribution is -2.20. The minimum absolute atomic E-state index is 0.118. The second kappa shape index (κ2) is 4.15. The highest BCUT2D eigenvalue weighted by Crippen LogP contribution is 2.37. The third kappa shape index (κ3) is 2.34. The molecule has 1 amide bonds. The van der Waals surface area contributed by atoms with Gasteiger partial charge in [0.1, 0.15) is 0 Å². The Morgan fingerprint density at radius 1 is 1.35 bits per heavy atom. The molecule has 0 spiro atoms. The molecule has 1 unspecified atom stereocenters. The van der Waals surface area contributed by atoms with Crippen LogP contribution in [-0.2, 0) is 11.2 Å². The van der Waals surface area contributed by atoms with E-state index in [1.165, 1.54) is 24.0 Å². The summed E-state index contributed by atoms with van der Waals surface area (Å²) in [6, 6.07) is 6.37. The summed E-state index contributed by atoms with van der Waals surface area (Å²) in [5.74, 6) is 0.966. The molecule has 17 heavy (non-hydrogen) atoms. The van der Waals surface area contributed by atoms with Crippen LogP contribution in [0, 0.1) is 5.92 Å². The SMILES string of the molecule is NC(CC1CC1)c1ccc2c(c1)CCC(=O)N2. The van der Waals surface area contributed by atoms with Gasteiger partial charge in [0, 0.05) is 18.2 Å². The van der Waals surface area contributed by atoms with Crippen LogP contribution in [0.25, 0.3) is 0 Å². The van der Waals surface area contributed by atoms with Crippen LogP contribution in [-0.4, -0.2) is 5.91 Å². The third-order valence-electron chi connectivity index (χ3n) is 3.74. The Bertz CT molecular complexity index is 452. The number of amides is 1. The van der Waals surface area contributed by atoms with Crippen LogP contribution in [0.3, 0.4) is 0 Å². The molecule has 3 nitrogen and oxygen atoms in total. The molecule has 2 aliphatic rings. The highest BCUT2D eigenvalue weighted by atomic mass is 16.1. The molecule has 3 N–H and O–H groups in total. The summed E-state index contributed by atoms with van der Waals surface area (Å²) in [4.78, 5) is 11.3. The van der Waals surface area contributed by atoms with Gasteiger partial charge in [0.05, 0.1) is 0 Å². The van der Waals surface area contributed by atoms with Gasteiger partial charge in [-0.1, -0.05) is 25.0 Å². The van der Waals surface area contributed by atoms with E-state index in [0.717, 1.165) is 24.4 Å². The van der Waals surface area contributed by atoms with Crippen LogP contribution >= 0.6 is 0 Å². The van der Waals surface area contributed by atoms with Crippen LogP contribution in [0.15, 0.2) is 18.2 Å². The van der Waals surface area contributed by atoms with Crippen LogP contribution in [0.5, 0.6) is 0 Å². The Morgan fingerprint density at radius 2 is 2.18 bits per heavy atom. The number of anilines is 1. The Kier molecular flexibility index (Phi) is 2.63. The van der Waals surface area contributed by atoms with Crippen molar-refractivity contribution in [3.8, 4) is 0 Å². The molecule has 0 saturated heterocycles. The molecule has 0 radical (unpaired) electrons. The number of benzene rings is 1. The number of hydrogen-bond acceptors (Lipinski definition) is 2. The number of carbonyl (C=O) groups is 1. The fraction of sp³-hybridized carbons (Fsp3) is 0.500. The average Bonchev–Trinajstić information content (AvgIpc) is 3.12. The van der Waals surface area contributed by atoms with E-state index >= 15 is 0 Å². The van der Waals surface area contributed by atoms with Crippen molar-refractivity contribution in [2.45, 2.75) is 38.1 Å². The Balaban J connectivity index is 1.79. The molecule has 0 bridgehead atoms. The fourth-order valence-corrected chi connectivity index (χ4v) is 2.48. The lowest BCUT2D eigenvalue weighted by molar-refractivity contribution is -0.116. The predicted molar refractivity (Wildman–Crippen MR) is 67.7 cm³/mol. The standard InChI is InChI=1S/C14H18N2O/c15-12(7-9-1-2-9)10-3-5-13-11(8-10)4-6-14(17)16-13/h3,5,8-9,12H,1-2,4,6-7,15H2,(H,16,17). The van der Waals surface area contributed by atoms with Gasteiger partial charge in [-0.3, -0.25) is 4.79 Å². The molecular formula is C14H18N2O. The molecule has 3 rings (SSSR count). The van der Waals surface area contributed by atoms with Gasteiger partial charge in [0.25, 0.3) is 0 Å². The molecule has 1 saturated carbocycles. The second-order valence-electron chi connectivity index (χ2n) is 5.25. The summed E-state index contributed by atoms with van der Waals surface area (Å²) in [5.41, 5.74) is 9.62. The molecule has 1 aliphatic heterocycles. The van der Waals surface area contributed by atoms with Crippen molar-refractivity contribution in [3.05, 3.63) is 29.3 Å². The number of nitrogens with one attached hydrogen (secondary N) is 1. The summed E-state index contributed by atoms with van der Waals surface area (Å²) < 4.78 is 0. The normalized spacial score (nSPS) is 20.6. The number of aryl methyl sites for hydroxylation is 1. The zero-order valence-electron chi connectivity index (χ0n) is 9.91. The first kappa shape index (κ1) is 10.8. The van der Waals surface area contributed by atoms with E-state index in [-0.39, 0.29) is 11.9 Å². The second-order valence-corrected chi connectivity index (χ2v) is 5.25. The molecule has 1 aromatic rings. The van der Waals surface area contributed by atoms with Crippen molar-refractivity contribution in [2.24, 2.45) is 11.7 Å². The minimum Gasteiger partial charge on any atom is -0.326 e. The van der Waals surface area contributed by atoms with E-state index in [0.29, 0.717) is 6.42 Å². The molecule has 1 aromatic carbocycles. The highest BCUT2D eigenvalue weighted by Gasteiger charge is 2.25. The number of nitrogens with two attached hydrogens (primary N) is 1. The summed E-state index contributed by atoms with van der Waals surface area (Å²) in [7, 11) is 0. The number of hydrogen-bond donors (Lipinski definition) is 2. The summed E-state index contributed by atoms with van der Waals surface area (Å²) >= 11 is 0. The van der Waals surface area contributed by atoms with Crippen molar-refractivity contribution in [1.29, 1.82) is 0 Å².